The average molecular weight is 294 g/mol. The van der Waals surface area contributed by atoms with Crippen molar-refractivity contribution in [2.24, 2.45) is 0 Å². The fraction of sp³-hybridized carbons (Fsp3) is 0.333. The van der Waals surface area contributed by atoms with Crippen molar-refractivity contribution in [2.75, 3.05) is 5.75 Å². The van der Waals surface area contributed by atoms with E-state index in [1.807, 2.05) is 11.8 Å². The van der Waals surface area contributed by atoms with Gasteiger partial charge in [-0.1, -0.05) is 18.2 Å². The Morgan fingerprint density at radius 3 is 2.95 bits per heavy atom. The molecule has 0 fully saturated rings. The summed E-state index contributed by atoms with van der Waals surface area (Å²) in [6, 6.07) is 8.76. The first-order valence-corrected chi connectivity index (χ1v) is 8.32. The number of aliphatic hydroxyl groups is 1. The molecule has 0 saturated heterocycles. The topological polar surface area (TPSA) is 20.2 Å². The van der Waals surface area contributed by atoms with E-state index in [0.29, 0.717) is 12.0 Å². The van der Waals surface area contributed by atoms with Gasteiger partial charge in [-0.05, 0) is 35.4 Å². The van der Waals surface area contributed by atoms with Gasteiger partial charge in [-0.25, -0.2) is 4.39 Å². The molecule has 1 aromatic carbocycles. The highest BCUT2D eigenvalue weighted by atomic mass is 32.2. The fourth-order valence-electron chi connectivity index (χ4n) is 2.31. The van der Waals surface area contributed by atoms with Crippen LogP contribution in [0.4, 0.5) is 4.39 Å². The van der Waals surface area contributed by atoms with Crippen LogP contribution in [-0.4, -0.2) is 10.9 Å². The van der Waals surface area contributed by atoms with Crippen LogP contribution in [0.5, 0.6) is 0 Å². The molecule has 0 aliphatic carbocycles. The molecule has 4 heteroatoms. The summed E-state index contributed by atoms with van der Waals surface area (Å²) in [4.78, 5) is 2.36. The van der Waals surface area contributed by atoms with Gasteiger partial charge in [0.15, 0.2) is 0 Å². The zero-order chi connectivity index (χ0) is 13.2. The van der Waals surface area contributed by atoms with E-state index in [0.717, 1.165) is 22.8 Å². The zero-order valence-electron chi connectivity index (χ0n) is 10.4. The van der Waals surface area contributed by atoms with E-state index >= 15 is 0 Å². The van der Waals surface area contributed by atoms with Crippen LogP contribution in [0.25, 0.3) is 0 Å². The van der Waals surface area contributed by atoms with Crippen LogP contribution in [0.2, 0.25) is 0 Å². The minimum Gasteiger partial charge on any atom is -0.387 e. The van der Waals surface area contributed by atoms with E-state index in [1.165, 1.54) is 16.5 Å². The highest BCUT2D eigenvalue weighted by molar-refractivity contribution is 7.98. The number of fused-ring (bicyclic) bond motifs is 1. The summed E-state index contributed by atoms with van der Waals surface area (Å²) in [5, 5.41) is 10.3. The third-order valence-corrected chi connectivity index (χ3v) is 5.69. The Balaban J connectivity index is 1.79. The predicted octanol–water partition coefficient (Wildman–Crippen LogP) is 3.95. The Morgan fingerprint density at radius 1 is 1.32 bits per heavy atom. The normalized spacial score (nSPS) is 16.1. The third-order valence-electron chi connectivity index (χ3n) is 3.35. The van der Waals surface area contributed by atoms with E-state index in [1.54, 1.807) is 29.5 Å². The molecule has 0 saturated carbocycles. The van der Waals surface area contributed by atoms with E-state index in [-0.39, 0.29) is 5.82 Å². The summed E-state index contributed by atoms with van der Waals surface area (Å²) in [6.07, 6.45) is 0.841. The van der Waals surface area contributed by atoms with Crippen LogP contribution in [-0.2, 0) is 18.6 Å². The maximum Gasteiger partial charge on any atom is 0.126 e. The first-order valence-electron chi connectivity index (χ1n) is 6.35. The second-order valence-corrected chi connectivity index (χ2v) is 6.98. The van der Waals surface area contributed by atoms with Crippen LogP contribution >= 0.6 is 23.1 Å². The van der Waals surface area contributed by atoms with E-state index in [4.69, 9.17) is 0 Å². The summed E-state index contributed by atoms with van der Waals surface area (Å²) in [5.74, 6) is 1.97. The standard InChI is InChI=1S/C15H15FOS2/c16-12-4-2-1-3-10(12)7-13(17)15-8-11-9-18-6-5-14(11)19-15/h1-4,8,13,17H,5-7,9H2. The number of halogens is 1. The number of hydrogen-bond acceptors (Lipinski definition) is 3. The summed E-state index contributed by atoms with van der Waals surface area (Å²) < 4.78 is 13.6. The van der Waals surface area contributed by atoms with Crippen molar-refractivity contribution in [3.63, 3.8) is 0 Å². The molecule has 1 aliphatic heterocycles. The summed E-state index contributed by atoms with van der Waals surface area (Å²) in [6.45, 7) is 0. The predicted molar refractivity (Wildman–Crippen MR) is 79.2 cm³/mol. The molecular weight excluding hydrogens is 279 g/mol. The second-order valence-electron chi connectivity index (χ2n) is 4.71. The maximum atomic E-state index is 13.6. The van der Waals surface area contributed by atoms with Crippen molar-refractivity contribution in [1.29, 1.82) is 0 Å². The molecule has 1 atom stereocenters. The van der Waals surface area contributed by atoms with Gasteiger partial charge in [-0.3, -0.25) is 0 Å². The summed E-state index contributed by atoms with van der Waals surface area (Å²) in [7, 11) is 0. The molecule has 0 amide bonds. The van der Waals surface area contributed by atoms with Gasteiger partial charge in [-0.2, -0.15) is 11.8 Å². The summed E-state index contributed by atoms with van der Waals surface area (Å²) >= 11 is 3.62. The van der Waals surface area contributed by atoms with Crippen molar-refractivity contribution < 1.29 is 9.50 Å². The third kappa shape index (κ3) is 2.86. The lowest BCUT2D eigenvalue weighted by Crippen LogP contribution is -2.01. The number of thioether (sulfide) groups is 1. The minimum atomic E-state index is -0.600. The fourth-order valence-corrected chi connectivity index (χ4v) is 4.67. The number of benzene rings is 1. The van der Waals surface area contributed by atoms with E-state index in [9.17, 15) is 9.50 Å². The molecule has 1 N–H and O–H groups in total. The number of rotatable bonds is 3. The molecule has 3 rings (SSSR count). The van der Waals surface area contributed by atoms with Gasteiger partial charge in [0.2, 0.25) is 0 Å². The largest absolute Gasteiger partial charge is 0.387 e. The molecule has 1 aliphatic rings. The molecule has 2 aromatic rings. The Kier molecular flexibility index (Phi) is 3.91. The Morgan fingerprint density at radius 2 is 2.16 bits per heavy atom. The maximum absolute atomic E-state index is 13.6. The van der Waals surface area contributed by atoms with Crippen LogP contribution in [0.3, 0.4) is 0 Å². The molecule has 1 nitrogen and oxygen atoms in total. The quantitative estimate of drug-likeness (QED) is 0.925. The van der Waals surface area contributed by atoms with Crippen molar-refractivity contribution in [1.82, 2.24) is 0 Å². The number of thiophene rings is 1. The molecule has 2 heterocycles. The number of aryl methyl sites for hydroxylation is 1. The molecule has 0 spiro atoms. The molecule has 1 unspecified atom stereocenters. The monoisotopic (exact) mass is 294 g/mol. The Labute approximate surface area is 120 Å². The highest BCUT2D eigenvalue weighted by Crippen LogP contribution is 2.35. The first kappa shape index (κ1) is 13.2. The molecule has 0 radical (unpaired) electrons. The summed E-state index contributed by atoms with van der Waals surface area (Å²) in [5.41, 5.74) is 1.93. The van der Waals surface area contributed by atoms with Crippen LogP contribution in [0, 0.1) is 5.82 Å². The van der Waals surface area contributed by atoms with Gasteiger partial charge in [0, 0.05) is 21.9 Å². The van der Waals surface area contributed by atoms with Crippen molar-refractivity contribution in [2.45, 2.75) is 24.7 Å². The molecule has 100 valence electrons. The lowest BCUT2D eigenvalue weighted by molar-refractivity contribution is 0.181. The SMILES string of the molecule is OC(Cc1ccccc1F)c1cc2c(s1)CCSC2. The van der Waals surface area contributed by atoms with Crippen LogP contribution in [0.15, 0.2) is 30.3 Å². The molecule has 1 aromatic heterocycles. The van der Waals surface area contributed by atoms with Gasteiger partial charge >= 0.3 is 0 Å². The molecular formula is C15H15FOS2. The van der Waals surface area contributed by atoms with Gasteiger partial charge in [0.05, 0.1) is 6.10 Å². The van der Waals surface area contributed by atoms with Gasteiger partial charge in [0.1, 0.15) is 5.82 Å². The lowest BCUT2D eigenvalue weighted by Gasteiger charge is -2.09. The molecule has 19 heavy (non-hydrogen) atoms. The van der Waals surface area contributed by atoms with Crippen molar-refractivity contribution in [3.05, 3.63) is 57.0 Å². The van der Waals surface area contributed by atoms with Gasteiger partial charge in [0.25, 0.3) is 0 Å². The van der Waals surface area contributed by atoms with Crippen LogP contribution in [0.1, 0.15) is 27.0 Å². The van der Waals surface area contributed by atoms with Gasteiger partial charge < -0.3 is 5.11 Å². The Bertz CT molecular complexity index is 556. The minimum absolute atomic E-state index is 0.238. The van der Waals surface area contributed by atoms with Crippen molar-refractivity contribution in [3.8, 4) is 0 Å². The lowest BCUT2D eigenvalue weighted by atomic mass is 10.1. The number of aliphatic hydroxyl groups excluding tert-OH is 1. The zero-order valence-corrected chi connectivity index (χ0v) is 12.1. The number of hydrogen-bond donors (Lipinski definition) is 1. The average Bonchev–Trinajstić information content (AvgIpc) is 2.85. The Hall–Kier alpha value is -0.840. The molecule has 0 bridgehead atoms. The van der Waals surface area contributed by atoms with E-state index in [2.05, 4.69) is 6.07 Å². The first-order chi connectivity index (χ1) is 9.24. The van der Waals surface area contributed by atoms with Crippen molar-refractivity contribution >= 4 is 23.1 Å². The van der Waals surface area contributed by atoms with Gasteiger partial charge in [-0.15, -0.1) is 11.3 Å². The second kappa shape index (κ2) is 5.65. The van der Waals surface area contributed by atoms with E-state index < -0.39 is 6.10 Å². The smallest absolute Gasteiger partial charge is 0.126 e. The van der Waals surface area contributed by atoms with Crippen LogP contribution < -0.4 is 0 Å². The highest BCUT2D eigenvalue weighted by Gasteiger charge is 2.18.